The third kappa shape index (κ3) is 5.62. The van der Waals surface area contributed by atoms with Crippen molar-refractivity contribution in [2.24, 2.45) is 11.8 Å². The molecule has 3 N–H and O–H groups in total. The second kappa shape index (κ2) is 10.5. The fourth-order valence-electron chi connectivity index (χ4n) is 5.95. The molecule has 2 aromatic rings. The fraction of sp³-hybridized carbons (Fsp3) is 0.633. The van der Waals surface area contributed by atoms with Crippen molar-refractivity contribution in [2.45, 2.75) is 109 Å². The van der Waals surface area contributed by atoms with Crippen LogP contribution in [-0.2, 0) is 21.8 Å². The van der Waals surface area contributed by atoms with Gasteiger partial charge in [-0.2, -0.15) is 18.4 Å². The van der Waals surface area contributed by atoms with Crippen LogP contribution in [0.5, 0.6) is 0 Å². The Labute approximate surface area is 244 Å². The summed E-state index contributed by atoms with van der Waals surface area (Å²) in [7, 11) is 0. The molecule has 226 valence electrons. The zero-order valence-corrected chi connectivity index (χ0v) is 25.0. The molecule has 4 unspecified atom stereocenters. The SMILES string of the molecule is C[C@@H](c1ccc(C(F)(F)F)nc1)N1NC(C#N)C2C(=O)NC([C@H]3CC[C@@H]3c3nc(C(C)(C)C)cc(C(C)(C)C)n3)NC21. The molecule has 3 aliphatic rings. The number of fused-ring (bicyclic) bond motifs is 1. The molecule has 0 radical (unpaired) electrons. The van der Waals surface area contributed by atoms with E-state index < -0.39 is 42.2 Å². The maximum Gasteiger partial charge on any atom is 0.433 e. The standard InChI is InChI=1S/C30H39F3N8O/c1-15(16-8-11-20(35-14-16)30(31,32)33)41-26-23(19(13-34)40-41)27(42)39-25(38-26)18-10-9-17(18)24-36-21(28(2,3)4)12-22(37-24)29(5,6)7/h8,11-12,14-15,17-19,23,25-26,38,40H,9-10H2,1-7H3,(H,39,42)/t15-,17-,18-,19?,23?,25?,26?/m0/s1. The van der Waals surface area contributed by atoms with Gasteiger partial charge in [-0.25, -0.2) is 20.4 Å². The Balaban J connectivity index is 1.41. The van der Waals surface area contributed by atoms with Crippen molar-refractivity contribution in [3.8, 4) is 6.07 Å². The summed E-state index contributed by atoms with van der Waals surface area (Å²) in [5.41, 5.74) is 4.31. The van der Waals surface area contributed by atoms with Crippen LogP contribution < -0.4 is 16.1 Å². The van der Waals surface area contributed by atoms with Gasteiger partial charge in [-0.15, -0.1) is 0 Å². The van der Waals surface area contributed by atoms with Gasteiger partial charge in [0.05, 0.1) is 24.3 Å². The quantitative estimate of drug-likeness (QED) is 0.483. The molecular weight excluding hydrogens is 545 g/mol. The fourth-order valence-corrected chi connectivity index (χ4v) is 5.95. The Hall–Kier alpha value is -3.14. The van der Waals surface area contributed by atoms with Gasteiger partial charge < -0.3 is 5.32 Å². The summed E-state index contributed by atoms with van der Waals surface area (Å²) in [6, 6.07) is 5.31. The average molecular weight is 585 g/mol. The highest BCUT2D eigenvalue weighted by molar-refractivity contribution is 5.82. The topological polar surface area (TPSA) is 119 Å². The molecule has 2 saturated heterocycles. The highest BCUT2D eigenvalue weighted by atomic mass is 19.4. The predicted octanol–water partition coefficient (Wildman–Crippen LogP) is 4.44. The minimum atomic E-state index is -4.54. The third-order valence-corrected chi connectivity index (χ3v) is 8.72. The Kier molecular flexibility index (Phi) is 7.61. The van der Waals surface area contributed by atoms with Crippen LogP contribution in [0.2, 0.25) is 0 Å². The van der Waals surface area contributed by atoms with Crippen molar-refractivity contribution in [3.05, 3.63) is 52.9 Å². The number of hydrazine groups is 1. The molecule has 1 saturated carbocycles. The monoisotopic (exact) mass is 584 g/mol. The van der Waals surface area contributed by atoms with E-state index in [-0.39, 0.29) is 28.6 Å². The van der Waals surface area contributed by atoms with Gasteiger partial charge in [-0.3, -0.25) is 15.1 Å². The number of carbonyl (C=O) groups is 1. The minimum absolute atomic E-state index is 0.0314. The van der Waals surface area contributed by atoms with Gasteiger partial charge in [0.25, 0.3) is 0 Å². The van der Waals surface area contributed by atoms with E-state index in [2.05, 4.69) is 74.7 Å². The number of hydrogen-bond acceptors (Lipinski definition) is 8. The van der Waals surface area contributed by atoms with E-state index in [0.717, 1.165) is 36.1 Å². The van der Waals surface area contributed by atoms with E-state index in [1.54, 1.807) is 5.01 Å². The van der Waals surface area contributed by atoms with Crippen LogP contribution in [0.1, 0.15) is 102 Å². The molecule has 1 amide bonds. The number of alkyl halides is 3. The number of amides is 1. The molecule has 0 spiro atoms. The lowest BCUT2D eigenvalue weighted by Crippen LogP contribution is -2.68. The van der Waals surface area contributed by atoms with Crippen LogP contribution in [0.15, 0.2) is 24.4 Å². The minimum Gasteiger partial charge on any atom is -0.340 e. The first-order chi connectivity index (χ1) is 19.5. The van der Waals surface area contributed by atoms with Crippen LogP contribution in [-0.4, -0.2) is 44.2 Å². The van der Waals surface area contributed by atoms with Gasteiger partial charge >= 0.3 is 6.18 Å². The maximum atomic E-state index is 13.4. The zero-order valence-electron chi connectivity index (χ0n) is 25.0. The number of nitrogens with zero attached hydrogens (tertiary/aromatic N) is 5. The van der Waals surface area contributed by atoms with Gasteiger partial charge in [0, 0.05) is 46.3 Å². The third-order valence-electron chi connectivity index (χ3n) is 8.72. The van der Waals surface area contributed by atoms with Crippen LogP contribution in [0.3, 0.4) is 0 Å². The van der Waals surface area contributed by atoms with Crippen molar-refractivity contribution < 1.29 is 18.0 Å². The Morgan fingerprint density at radius 3 is 2.14 bits per heavy atom. The lowest BCUT2D eigenvalue weighted by Gasteiger charge is -2.47. The number of hydrogen-bond donors (Lipinski definition) is 3. The Morgan fingerprint density at radius 2 is 1.67 bits per heavy atom. The summed E-state index contributed by atoms with van der Waals surface area (Å²) >= 11 is 0. The van der Waals surface area contributed by atoms with E-state index >= 15 is 0 Å². The van der Waals surface area contributed by atoms with Crippen LogP contribution in [0.25, 0.3) is 0 Å². The largest absolute Gasteiger partial charge is 0.433 e. The molecule has 3 fully saturated rings. The number of halogens is 3. The summed E-state index contributed by atoms with van der Waals surface area (Å²) in [4.78, 5) is 27.0. The van der Waals surface area contributed by atoms with Gasteiger partial charge in [0.2, 0.25) is 5.91 Å². The summed E-state index contributed by atoms with van der Waals surface area (Å²) < 4.78 is 39.2. The van der Waals surface area contributed by atoms with Crippen molar-refractivity contribution in [1.29, 1.82) is 5.26 Å². The van der Waals surface area contributed by atoms with Crippen molar-refractivity contribution >= 4 is 5.91 Å². The van der Waals surface area contributed by atoms with Crippen molar-refractivity contribution in [1.82, 2.24) is 36.0 Å². The number of nitrogens with one attached hydrogen (secondary N) is 3. The van der Waals surface area contributed by atoms with Crippen molar-refractivity contribution in [3.63, 3.8) is 0 Å². The molecule has 9 nitrogen and oxygen atoms in total. The molecule has 2 aliphatic heterocycles. The van der Waals surface area contributed by atoms with E-state index in [9.17, 15) is 23.2 Å². The van der Waals surface area contributed by atoms with Crippen LogP contribution in [0.4, 0.5) is 13.2 Å². The first-order valence-corrected chi connectivity index (χ1v) is 14.4. The van der Waals surface area contributed by atoms with Gasteiger partial charge in [0.1, 0.15) is 17.6 Å². The number of rotatable bonds is 4. The molecule has 0 bridgehead atoms. The van der Waals surface area contributed by atoms with Crippen LogP contribution >= 0.6 is 0 Å². The first kappa shape index (κ1) is 30.3. The van der Waals surface area contributed by atoms with Crippen LogP contribution in [0, 0.1) is 23.2 Å². The van der Waals surface area contributed by atoms with Gasteiger partial charge in [-0.05, 0) is 37.5 Å². The summed E-state index contributed by atoms with van der Waals surface area (Å²) in [6.07, 6.45) is -2.54. The molecular formula is C30H39F3N8O. The number of carbonyl (C=O) groups excluding carboxylic acids is 1. The molecule has 1 aliphatic carbocycles. The maximum absolute atomic E-state index is 13.4. The van der Waals surface area contributed by atoms with E-state index in [0.29, 0.717) is 5.56 Å². The molecule has 2 aromatic heterocycles. The summed E-state index contributed by atoms with van der Waals surface area (Å²) in [5, 5.41) is 18.3. The molecule has 12 heteroatoms. The molecule has 5 rings (SSSR count). The average Bonchev–Trinajstić information content (AvgIpc) is 3.25. The summed E-state index contributed by atoms with van der Waals surface area (Å²) in [6.45, 7) is 14.6. The van der Waals surface area contributed by atoms with E-state index in [4.69, 9.17) is 9.97 Å². The number of aromatic nitrogens is 3. The Bertz CT molecular complexity index is 1340. The lowest BCUT2D eigenvalue weighted by molar-refractivity contribution is -0.141. The van der Waals surface area contributed by atoms with Crippen molar-refractivity contribution in [2.75, 3.05) is 0 Å². The summed E-state index contributed by atoms with van der Waals surface area (Å²) in [5.74, 6) is -0.101. The van der Waals surface area contributed by atoms with Gasteiger partial charge in [-0.1, -0.05) is 47.6 Å². The zero-order chi connectivity index (χ0) is 30.8. The van der Waals surface area contributed by atoms with Gasteiger partial charge in [0.15, 0.2) is 0 Å². The number of pyridine rings is 1. The molecule has 7 atom stereocenters. The molecule has 42 heavy (non-hydrogen) atoms. The predicted molar refractivity (Wildman–Crippen MR) is 149 cm³/mol. The first-order valence-electron chi connectivity index (χ1n) is 14.4. The van der Waals surface area contributed by atoms with E-state index in [1.807, 2.05) is 6.92 Å². The normalized spacial score (nSPS) is 29.3. The molecule has 4 heterocycles. The Morgan fingerprint density at radius 1 is 1.02 bits per heavy atom. The second-order valence-corrected chi connectivity index (χ2v) is 13.8. The second-order valence-electron chi connectivity index (χ2n) is 13.8. The molecule has 0 aromatic carbocycles. The van der Waals surface area contributed by atoms with E-state index in [1.165, 1.54) is 12.3 Å². The highest BCUT2D eigenvalue weighted by Gasteiger charge is 2.54. The smallest absolute Gasteiger partial charge is 0.340 e. The number of nitriles is 1. The highest BCUT2D eigenvalue weighted by Crippen LogP contribution is 2.45. The lowest BCUT2D eigenvalue weighted by atomic mass is 9.70.